The van der Waals surface area contributed by atoms with Crippen LogP contribution < -0.4 is 14.8 Å². The summed E-state index contributed by atoms with van der Waals surface area (Å²) >= 11 is 9.67. The van der Waals surface area contributed by atoms with E-state index in [1.807, 2.05) is 36.4 Å². The molecule has 0 saturated heterocycles. The van der Waals surface area contributed by atoms with Gasteiger partial charge in [-0.3, -0.25) is 0 Å². The second kappa shape index (κ2) is 11.0. The van der Waals surface area contributed by atoms with Crippen LogP contribution in [0.4, 0.5) is 4.39 Å². The predicted octanol–water partition coefficient (Wildman–Crippen LogP) is 6.43. The Labute approximate surface area is 205 Å². The van der Waals surface area contributed by atoms with Crippen LogP contribution in [0.25, 0.3) is 11.0 Å². The molecule has 8 heteroatoms. The van der Waals surface area contributed by atoms with E-state index in [1.165, 1.54) is 12.1 Å². The molecule has 0 unspecified atom stereocenters. The maximum Gasteiger partial charge on any atom is 0.175 e. The molecule has 0 atom stereocenters. The highest BCUT2D eigenvalue weighted by molar-refractivity contribution is 9.10. The van der Waals surface area contributed by atoms with Crippen molar-refractivity contribution in [1.82, 2.24) is 15.3 Å². The topological polar surface area (TPSA) is 59.2 Å². The average molecular weight is 533 g/mol. The van der Waals surface area contributed by atoms with Gasteiger partial charge < -0.3 is 19.8 Å². The van der Waals surface area contributed by atoms with Crippen molar-refractivity contribution in [2.75, 3.05) is 13.7 Å². The number of aryl methyl sites for hydroxylation is 1. The summed E-state index contributed by atoms with van der Waals surface area (Å²) < 4.78 is 25.5. The molecule has 33 heavy (non-hydrogen) atoms. The van der Waals surface area contributed by atoms with Crippen LogP contribution >= 0.6 is 27.5 Å². The number of para-hydroxylation sites is 2. The van der Waals surface area contributed by atoms with Crippen molar-refractivity contribution >= 4 is 38.6 Å². The van der Waals surface area contributed by atoms with Crippen LogP contribution in [0.15, 0.2) is 59.1 Å². The second-order valence-electron chi connectivity index (χ2n) is 7.61. The lowest BCUT2D eigenvalue weighted by Crippen LogP contribution is -2.15. The van der Waals surface area contributed by atoms with Crippen LogP contribution in [0.2, 0.25) is 5.02 Å². The summed E-state index contributed by atoms with van der Waals surface area (Å²) in [5.41, 5.74) is 3.83. The predicted molar refractivity (Wildman–Crippen MR) is 133 cm³/mol. The minimum Gasteiger partial charge on any atom is -0.493 e. The summed E-state index contributed by atoms with van der Waals surface area (Å²) in [5, 5.41) is 3.79. The van der Waals surface area contributed by atoms with Gasteiger partial charge in [0.15, 0.2) is 11.5 Å². The van der Waals surface area contributed by atoms with Gasteiger partial charge in [-0.1, -0.05) is 29.8 Å². The molecule has 3 aromatic carbocycles. The summed E-state index contributed by atoms with van der Waals surface area (Å²) in [7, 11) is 1.60. The van der Waals surface area contributed by atoms with Crippen molar-refractivity contribution in [3.8, 4) is 11.5 Å². The third kappa shape index (κ3) is 6.05. The SMILES string of the molecule is COc1cc(CNCCCc2nc3ccccc3[nH]2)cc(Br)c1OCc1ccc(F)cc1Cl. The Balaban J connectivity index is 1.30. The number of H-pyrrole nitrogens is 1. The summed E-state index contributed by atoms with van der Waals surface area (Å²) in [6.45, 7) is 1.75. The average Bonchev–Trinajstić information content (AvgIpc) is 3.21. The molecule has 0 fully saturated rings. The van der Waals surface area contributed by atoms with Crippen LogP contribution in [0.3, 0.4) is 0 Å². The standard InChI is InChI=1S/C25H24BrClFN3O2/c1-32-23-12-16(11-19(26)25(23)33-15-17-8-9-18(28)13-20(17)27)14-29-10-4-7-24-30-21-5-2-3-6-22(21)31-24/h2-3,5-6,8-9,11-13,29H,4,7,10,14-15H2,1H3,(H,30,31). The molecule has 2 N–H and O–H groups in total. The van der Waals surface area contributed by atoms with Crippen molar-refractivity contribution in [2.45, 2.75) is 26.0 Å². The Kier molecular flexibility index (Phi) is 7.85. The molecule has 5 nitrogen and oxygen atoms in total. The van der Waals surface area contributed by atoms with E-state index < -0.39 is 0 Å². The number of halogens is 3. The second-order valence-corrected chi connectivity index (χ2v) is 8.88. The molecule has 1 heterocycles. The molecular weight excluding hydrogens is 509 g/mol. The van der Waals surface area contributed by atoms with E-state index in [1.54, 1.807) is 13.2 Å². The third-order valence-electron chi connectivity index (χ3n) is 5.21. The van der Waals surface area contributed by atoms with Gasteiger partial charge in [-0.2, -0.15) is 0 Å². The summed E-state index contributed by atoms with van der Waals surface area (Å²) in [6.07, 6.45) is 1.85. The van der Waals surface area contributed by atoms with Gasteiger partial charge in [-0.25, -0.2) is 9.37 Å². The van der Waals surface area contributed by atoms with E-state index in [0.717, 1.165) is 46.3 Å². The van der Waals surface area contributed by atoms with E-state index in [-0.39, 0.29) is 12.4 Å². The number of methoxy groups -OCH3 is 1. The van der Waals surface area contributed by atoms with Crippen LogP contribution in [0, 0.1) is 5.82 Å². The van der Waals surface area contributed by atoms with Gasteiger partial charge in [-0.05, 0) is 70.9 Å². The number of nitrogens with zero attached hydrogens (tertiary/aromatic N) is 1. The van der Waals surface area contributed by atoms with Gasteiger partial charge in [0.05, 0.1) is 27.6 Å². The highest BCUT2D eigenvalue weighted by Gasteiger charge is 2.13. The van der Waals surface area contributed by atoms with E-state index >= 15 is 0 Å². The van der Waals surface area contributed by atoms with Gasteiger partial charge >= 0.3 is 0 Å². The zero-order valence-corrected chi connectivity index (χ0v) is 20.5. The first-order valence-electron chi connectivity index (χ1n) is 10.6. The molecule has 1 aromatic heterocycles. The first kappa shape index (κ1) is 23.5. The van der Waals surface area contributed by atoms with E-state index in [0.29, 0.717) is 28.6 Å². The molecule has 0 amide bonds. The third-order valence-corrected chi connectivity index (χ3v) is 6.15. The number of nitrogens with one attached hydrogen (secondary N) is 2. The number of benzene rings is 3. The molecular formula is C25H24BrClFN3O2. The first-order chi connectivity index (χ1) is 16.0. The number of aromatic amines is 1. The summed E-state index contributed by atoms with van der Waals surface area (Å²) in [6, 6.07) is 16.2. The molecule has 0 aliphatic carbocycles. The monoisotopic (exact) mass is 531 g/mol. The van der Waals surface area contributed by atoms with Crippen molar-refractivity contribution in [2.24, 2.45) is 0 Å². The van der Waals surface area contributed by atoms with Gasteiger partial charge in [-0.15, -0.1) is 0 Å². The van der Waals surface area contributed by atoms with Crippen LogP contribution in [0.5, 0.6) is 11.5 Å². The highest BCUT2D eigenvalue weighted by atomic mass is 79.9. The van der Waals surface area contributed by atoms with Crippen molar-refractivity contribution < 1.29 is 13.9 Å². The molecule has 0 aliphatic heterocycles. The zero-order chi connectivity index (χ0) is 23.2. The fourth-order valence-electron chi connectivity index (χ4n) is 3.54. The molecule has 0 aliphatic rings. The molecule has 0 bridgehead atoms. The Morgan fingerprint density at radius 3 is 2.79 bits per heavy atom. The molecule has 4 rings (SSSR count). The van der Waals surface area contributed by atoms with Gasteiger partial charge in [0.1, 0.15) is 18.2 Å². The van der Waals surface area contributed by atoms with Crippen LogP contribution in [0.1, 0.15) is 23.4 Å². The maximum absolute atomic E-state index is 13.3. The Morgan fingerprint density at radius 1 is 1.15 bits per heavy atom. The van der Waals surface area contributed by atoms with Crippen LogP contribution in [-0.2, 0) is 19.6 Å². The van der Waals surface area contributed by atoms with Gasteiger partial charge in [0, 0.05) is 18.5 Å². The molecule has 4 aromatic rings. The fraction of sp³-hybridized carbons (Fsp3) is 0.240. The Bertz CT molecular complexity index is 1210. The number of hydrogen-bond donors (Lipinski definition) is 2. The quantitative estimate of drug-likeness (QED) is 0.231. The van der Waals surface area contributed by atoms with E-state index in [9.17, 15) is 4.39 Å². The number of fused-ring (bicyclic) bond motifs is 1. The lowest BCUT2D eigenvalue weighted by atomic mass is 10.2. The number of ether oxygens (including phenoxy) is 2. The number of aromatic nitrogens is 2. The summed E-state index contributed by atoms with van der Waals surface area (Å²) in [4.78, 5) is 7.98. The normalized spacial score (nSPS) is 11.2. The van der Waals surface area contributed by atoms with Crippen molar-refractivity contribution in [3.05, 3.63) is 86.9 Å². The smallest absolute Gasteiger partial charge is 0.175 e. The van der Waals surface area contributed by atoms with E-state index in [2.05, 4.69) is 31.2 Å². The molecule has 0 spiro atoms. The van der Waals surface area contributed by atoms with Crippen LogP contribution in [-0.4, -0.2) is 23.6 Å². The Hall–Kier alpha value is -2.61. The largest absolute Gasteiger partial charge is 0.493 e. The van der Waals surface area contributed by atoms with E-state index in [4.69, 9.17) is 21.1 Å². The molecule has 0 radical (unpaired) electrons. The molecule has 0 saturated carbocycles. The number of rotatable bonds is 10. The number of imidazole rings is 1. The lowest BCUT2D eigenvalue weighted by Gasteiger charge is -2.15. The minimum atomic E-state index is -0.378. The first-order valence-corrected chi connectivity index (χ1v) is 11.8. The summed E-state index contributed by atoms with van der Waals surface area (Å²) in [5.74, 6) is 1.82. The Morgan fingerprint density at radius 2 is 2.00 bits per heavy atom. The number of hydrogen-bond acceptors (Lipinski definition) is 4. The zero-order valence-electron chi connectivity index (χ0n) is 18.1. The lowest BCUT2D eigenvalue weighted by molar-refractivity contribution is 0.282. The molecule has 172 valence electrons. The fourth-order valence-corrected chi connectivity index (χ4v) is 4.37. The maximum atomic E-state index is 13.3. The van der Waals surface area contributed by atoms with Crippen molar-refractivity contribution in [3.63, 3.8) is 0 Å². The van der Waals surface area contributed by atoms with Gasteiger partial charge in [0.2, 0.25) is 0 Å². The van der Waals surface area contributed by atoms with Gasteiger partial charge in [0.25, 0.3) is 0 Å². The van der Waals surface area contributed by atoms with Crippen molar-refractivity contribution in [1.29, 1.82) is 0 Å². The highest BCUT2D eigenvalue weighted by Crippen LogP contribution is 2.37. The minimum absolute atomic E-state index is 0.202.